The average Bonchev–Trinajstić information content (AvgIpc) is 2.96. The first-order valence-electron chi connectivity index (χ1n) is 7.25. The minimum atomic E-state index is 0.923. The molecule has 1 nitrogen and oxygen atoms in total. The van der Waals surface area contributed by atoms with E-state index in [0.717, 1.165) is 6.42 Å². The van der Waals surface area contributed by atoms with E-state index in [1.165, 1.54) is 46.2 Å². The van der Waals surface area contributed by atoms with Gasteiger partial charge in [0.15, 0.2) is 0 Å². The van der Waals surface area contributed by atoms with Gasteiger partial charge in [-0.1, -0.05) is 37.6 Å². The quantitative estimate of drug-likeness (QED) is 0.624. The van der Waals surface area contributed by atoms with E-state index in [1.807, 2.05) is 6.20 Å². The maximum absolute atomic E-state index is 4.56. The second kappa shape index (κ2) is 6.19. The van der Waals surface area contributed by atoms with E-state index in [-0.39, 0.29) is 0 Å². The van der Waals surface area contributed by atoms with Crippen molar-refractivity contribution in [2.24, 2.45) is 0 Å². The van der Waals surface area contributed by atoms with E-state index in [9.17, 15) is 0 Å². The second-order valence-electron chi connectivity index (χ2n) is 5.19. The number of benzene rings is 1. The molecular formula is C18H19NS. The van der Waals surface area contributed by atoms with Crippen LogP contribution in [0.15, 0.2) is 48.0 Å². The number of unbranched alkanes of at least 4 members (excludes halogenated alkanes) is 1. The maximum atomic E-state index is 4.56. The van der Waals surface area contributed by atoms with Gasteiger partial charge in [0.05, 0.1) is 10.4 Å². The lowest BCUT2D eigenvalue weighted by molar-refractivity contribution is 0.795. The number of nitrogens with zero attached hydrogens (tertiary/aromatic N) is 1. The van der Waals surface area contributed by atoms with Gasteiger partial charge in [-0.15, -0.1) is 11.3 Å². The first-order valence-corrected chi connectivity index (χ1v) is 8.13. The van der Waals surface area contributed by atoms with Gasteiger partial charge >= 0.3 is 0 Å². The molecule has 2 heteroatoms. The topological polar surface area (TPSA) is 12.9 Å². The Morgan fingerprint density at radius 1 is 1.00 bits per heavy atom. The van der Waals surface area contributed by atoms with Crippen molar-refractivity contribution in [3.8, 4) is 0 Å². The molecule has 0 aliphatic heterocycles. The number of pyridine rings is 1. The number of hydrogen-bond donors (Lipinski definition) is 0. The molecule has 0 atom stereocenters. The molecule has 102 valence electrons. The van der Waals surface area contributed by atoms with E-state index in [4.69, 9.17) is 0 Å². The minimum absolute atomic E-state index is 0.923. The zero-order valence-electron chi connectivity index (χ0n) is 11.8. The van der Waals surface area contributed by atoms with Crippen LogP contribution in [0.4, 0.5) is 0 Å². The Kier molecular flexibility index (Phi) is 4.12. The standard InChI is InChI=1S/C18H19NS/c1-2-3-4-14-5-7-15(8-6-14)13-17-18-16(9-11-19-17)10-12-20-18/h5-12H,2-4,13H2,1H3. The molecule has 0 saturated carbocycles. The Bertz CT molecular complexity index is 682. The zero-order chi connectivity index (χ0) is 13.8. The number of aromatic nitrogens is 1. The van der Waals surface area contributed by atoms with Crippen LogP contribution in [-0.2, 0) is 12.8 Å². The van der Waals surface area contributed by atoms with Crippen LogP contribution in [0.5, 0.6) is 0 Å². The third-order valence-electron chi connectivity index (χ3n) is 3.66. The lowest BCUT2D eigenvalue weighted by atomic mass is 10.0. The highest BCUT2D eigenvalue weighted by Gasteiger charge is 2.05. The second-order valence-corrected chi connectivity index (χ2v) is 6.11. The molecule has 20 heavy (non-hydrogen) atoms. The third kappa shape index (κ3) is 2.91. The molecule has 1 aromatic carbocycles. The molecule has 0 unspecified atom stereocenters. The summed E-state index contributed by atoms with van der Waals surface area (Å²) >= 11 is 1.78. The van der Waals surface area contributed by atoms with Gasteiger partial charge in [0.2, 0.25) is 0 Å². The summed E-state index contributed by atoms with van der Waals surface area (Å²) in [6, 6.07) is 13.3. The van der Waals surface area contributed by atoms with Crippen LogP contribution in [-0.4, -0.2) is 4.98 Å². The number of aryl methyl sites for hydroxylation is 1. The molecule has 0 bridgehead atoms. The molecule has 0 N–H and O–H groups in total. The summed E-state index contributed by atoms with van der Waals surface area (Å²) in [6.45, 7) is 2.24. The van der Waals surface area contributed by atoms with E-state index < -0.39 is 0 Å². The Hall–Kier alpha value is -1.67. The van der Waals surface area contributed by atoms with E-state index >= 15 is 0 Å². The average molecular weight is 281 g/mol. The van der Waals surface area contributed by atoms with Gasteiger partial charge in [0.25, 0.3) is 0 Å². The summed E-state index contributed by atoms with van der Waals surface area (Å²) in [7, 11) is 0. The van der Waals surface area contributed by atoms with Crippen molar-refractivity contribution in [2.45, 2.75) is 32.6 Å². The number of rotatable bonds is 5. The molecule has 3 rings (SSSR count). The molecule has 2 aromatic heterocycles. The fourth-order valence-electron chi connectivity index (χ4n) is 2.48. The molecule has 0 radical (unpaired) electrons. The summed E-state index contributed by atoms with van der Waals surface area (Å²) in [5.41, 5.74) is 3.98. The Morgan fingerprint density at radius 2 is 1.80 bits per heavy atom. The first-order chi connectivity index (χ1) is 9.86. The van der Waals surface area contributed by atoms with Crippen molar-refractivity contribution in [1.82, 2.24) is 4.98 Å². The highest BCUT2D eigenvalue weighted by Crippen LogP contribution is 2.24. The SMILES string of the molecule is CCCCc1ccc(Cc2nccc3ccsc23)cc1. The summed E-state index contributed by atoms with van der Waals surface area (Å²) in [5.74, 6) is 0. The number of hydrogen-bond acceptors (Lipinski definition) is 2. The van der Waals surface area contributed by atoms with Crippen molar-refractivity contribution in [3.63, 3.8) is 0 Å². The number of fused-ring (bicyclic) bond motifs is 1. The van der Waals surface area contributed by atoms with Gasteiger partial charge in [-0.3, -0.25) is 4.98 Å². The van der Waals surface area contributed by atoms with Crippen LogP contribution in [0, 0.1) is 0 Å². The molecule has 3 aromatic rings. The van der Waals surface area contributed by atoms with Crippen LogP contribution >= 0.6 is 11.3 Å². The molecule has 0 aliphatic carbocycles. The van der Waals surface area contributed by atoms with Crippen molar-refractivity contribution >= 4 is 21.4 Å². The lowest BCUT2D eigenvalue weighted by Crippen LogP contribution is -1.93. The van der Waals surface area contributed by atoms with Crippen LogP contribution in [0.2, 0.25) is 0 Å². The molecule has 0 saturated heterocycles. The van der Waals surface area contributed by atoms with Crippen LogP contribution in [0.1, 0.15) is 36.6 Å². The van der Waals surface area contributed by atoms with Gasteiger partial charge in [-0.25, -0.2) is 0 Å². The molecule has 0 fully saturated rings. The van der Waals surface area contributed by atoms with Crippen molar-refractivity contribution in [1.29, 1.82) is 0 Å². The van der Waals surface area contributed by atoms with Crippen molar-refractivity contribution in [2.75, 3.05) is 0 Å². The van der Waals surface area contributed by atoms with Gasteiger partial charge < -0.3 is 0 Å². The normalized spacial score (nSPS) is 11.1. The monoisotopic (exact) mass is 281 g/mol. The van der Waals surface area contributed by atoms with Gasteiger partial charge in [-0.05, 0) is 46.9 Å². The molecule has 0 amide bonds. The fraction of sp³-hybridized carbons (Fsp3) is 0.278. The molecule has 0 aliphatic rings. The zero-order valence-corrected chi connectivity index (χ0v) is 12.6. The van der Waals surface area contributed by atoms with E-state index in [1.54, 1.807) is 11.3 Å². The lowest BCUT2D eigenvalue weighted by Gasteiger charge is -2.05. The molecule has 2 heterocycles. The largest absolute Gasteiger partial charge is 0.259 e. The predicted molar refractivity (Wildman–Crippen MR) is 87.5 cm³/mol. The minimum Gasteiger partial charge on any atom is -0.259 e. The molecular weight excluding hydrogens is 262 g/mol. The summed E-state index contributed by atoms with van der Waals surface area (Å²) in [6.07, 6.45) is 6.56. The summed E-state index contributed by atoms with van der Waals surface area (Å²) in [5, 5.41) is 3.45. The Balaban J connectivity index is 1.79. The molecule has 0 spiro atoms. The van der Waals surface area contributed by atoms with Crippen LogP contribution in [0.25, 0.3) is 10.1 Å². The van der Waals surface area contributed by atoms with Crippen LogP contribution in [0.3, 0.4) is 0 Å². The van der Waals surface area contributed by atoms with Gasteiger partial charge in [0, 0.05) is 12.6 Å². The number of thiophene rings is 1. The van der Waals surface area contributed by atoms with Crippen molar-refractivity contribution < 1.29 is 0 Å². The van der Waals surface area contributed by atoms with Crippen molar-refractivity contribution in [3.05, 3.63) is 64.8 Å². The van der Waals surface area contributed by atoms with Gasteiger partial charge in [0.1, 0.15) is 0 Å². The Labute approximate surface area is 124 Å². The third-order valence-corrected chi connectivity index (χ3v) is 4.63. The smallest absolute Gasteiger partial charge is 0.0625 e. The maximum Gasteiger partial charge on any atom is 0.0625 e. The van der Waals surface area contributed by atoms with Crippen LogP contribution < -0.4 is 0 Å². The van der Waals surface area contributed by atoms with E-state index in [2.05, 4.69) is 53.7 Å². The van der Waals surface area contributed by atoms with Gasteiger partial charge in [-0.2, -0.15) is 0 Å². The summed E-state index contributed by atoms with van der Waals surface area (Å²) in [4.78, 5) is 4.56. The fourth-order valence-corrected chi connectivity index (χ4v) is 3.36. The predicted octanol–water partition coefficient (Wildman–Crippen LogP) is 5.23. The first kappa shape index (κ1) is 13.3. The summed E-state index contributed by atoms with van der Waals surface area (Å²) < 4.78 is 1.32. The Morgan fingerprint density at radius 3 is 2.60 bits per heavy atom. The highest BCUT2D eigenvalue weighted by molar-refractivity contribution is 7.17. The van der Waals surface area contributed by atoms with E-state index in [0.29, 0.717) is 0 Å². The highest BCUT2D eigenvalue weighted by atomic mass is 32.1.